The molecule has 1 aromatic carbocycles. The molecule has 1 saturated heterocycles. The van der Waals surface area contributed by atoms with Gasteiger partial charge < -0.3 is 9.64 Å². The summed E-state index contributed by atoms with van der Waals surface area (Å²) in [6, 6.07) is 0. The molecule has 0 aromatic heterocycles. The van der Waals surface area contributed by atoms with Gasteiger partial charge in [0.15, 0.2) is 42.1 Å². The Morgan fingerprint density at radius 2 is 1.48 bits per heavy atom. The Balaban J connectivity index is 2.75. The zero-order valence-electron chi connectivity index (χ0n) is 16.9. The monoisotopic (exact) mass is 457 g/mol. The molecule has 0 atom stereocenters. The van der Waals surface area contributed by atoms with Crippen molar-refractivity contribution in [2.45, 2.75) is 44.9 Å². The molecule has 29 heavy (non-hydrogen) atoms. The number of rotatable bonds is 6. The third-order valence-electron chi connectivity index (χ3n) is 4.22. The van der Waals surface area contributed by atoms with Crippen LogP contribution in [0.3, 0.4) is 0 Å². The average molecular weight is 458 g/mol. The highest BCUT2D eigenvalue weighted by Crippen LogP contribution is 2.41. The Hall–Kier alpha value is -1.49. The molecule has 0 bridgehead atoms. The number of anilines is 1. The highest BCUT2D eigenvalue weighted by Gasteiger charge is 2.38. The van der Waals surface area contributed by atoms with Crippen LogP contribution in [0.15, 0.2) is 4.90 Å². The third kappa shape index (κ3) is 5.78. The molecule has 1 aromatic rings. The van der Waals surface area contributed by atoms with Crippen molar-refractivity contribution >= 4 is 25.4 Å². The molecule has 1 aliphatic heterocycles. The predicted octanol–water partition coefficient (Wildman–Crippen LogP) is 3.29. The van der Waals surface area contributed by atoms with Crippen molar-refractivity contribution < 1.29 is 34.7 Å². The molecule has 1 aliphatic rings. The summed E-state index contributed by atoms with van der Waals surface area (Å²) in [6.07, 6.45) is 2.67. The molecule has 6 nitrogen and oxygen atoms in total. The summed E-state index contributed by atoms with van der Waals surface area (Å²) in [5.41, 5.74) is -1.17. The van der Waals surface area contributed by atoms with E-state index in [4.69, 9.17) is 4.74 Å². The highest BCUT2D eigenvalue weighted by molar-refractivity contribution is 8.07. The lowest BCUT2D eigenvalue weighted by atomic mass is 9.99. The van der Waals surface area contributed by atoms with E-state index in [1.807, 2.05) is 0 Å². The average Bonchev–Trinajstić information content (AvgIpc) is 2.55. The van der Waals surface area contributed by atoms with Crippen molar-refractivity contribution in [3.8, 4) is 5.75 Å². The molecule has 2 rings (SSSR count). The first-order valence-corrected chi connectivity index (χ1v) is 12.8. The van der Waals surface area contributed by atoms with Crippen molar-refractivity contribution in [2.24, 2.45) is 5.41 Å². The first-order chi connectivity index (χ1) is 13.1. The van der Waals surface area contributed by atoms with Crippen LogP contribution in [0.4, 0.5) is 18.9 Å². The Morgan fingerprint density at radius 3 is 1.97 bits per heavy atom. The molecule has 0 N–H and O–H groups in total. The van der Waals surface area contributed by atoms with E-state index < -0.39 is 64.0 Å². The zero-order chi connectivity index (χ0) is 22.2. The smallest absolute Gasteiger partial charge is 0.205 e. The maximum atomic E-state index is 15.3. The van der Waals surface area contributed by atoms with Crippen LogP contribution >= 0.6 is 0 Å². The first-order valence-electron chi connectivity index (χ1n) is 9.13. The second kappa shape index (κ2) is 8.33. The molecular weight excluding hydrogens is 431 g/mol. The SMILES string of the molecule is CC(C)(C)COc1c(F)c(F)c(S(=O)(=O)CS(C)(=O)=O)c(N2CCCCC2)c1F. The van der Waals surface area contributed by atoms with Gasteiger partial charge in [-0.1, -0.05) is 20.8 Å². The van der Waals surface area contributed by atoms with E-state index in [1.54, 1.807) is 20.8 Å². The summed E-state index contributed by atoms with van der Waals surface area (Å²) in [5, 5.41) is -1.46. The molecule has 0 unspecified atom stereocenters. The standard InChI is InChI=1S/C18H26F3NO5S2/c1-18(2,3)10-27-16-12(19)13(20)17(29(25,26)11-28(4,23)24)15(14(16)21)22-8-6-5-7-9-22/h5-11H2,1-4H3. The minimum Gasteiger partial charge on any atom is -0.487 e. The maximum Gasteiger partial charge on any atom is 0.205 e. The fourth-order valence-electron chi connectivity index (χ4n) is 3.05. The number of hydrogen-bond donors (Lipinski definition) is 0. The zero-order valence-corrected chi connectivity index (χ0v) is 18.5. The second-order valence-corrected chi connectivity index (χ2v) is 12.9. The molecule has 1 fully saturated rings. The number of hydrogen-bond acceptors (Lipinski definition) is 6. The summed E-state index contributed by atoms with van der Waals surface area (Å²) >= 11 is 0. The van der Waals surface area contributed by atoms with E-state index >= 15 is 4.39 Å². The number of nitrogens with zero attached hydrogens (tertiary/aromatic N) is 1. The Labute approximate surface area is 169 Å². The molecule has 0 spiro atoms. The molecule has 0 amide bonds. The number of halogens is 3. The van der Waals surface area contributed by atoms with Gasteiger partial charge in [-0.15, -0.1) is 0 Å². The number of benzene rings is 1. The molecule has 11 heteroatoms. The Bertz CT molecular complexity index is 980. The van der Waals surface area contributed by atoms with Crippen LogP contribution < -0.4 is 9.64 Å². The van der Waals surface area contributed by atoms with Gasteiger partial charge in [0.25, 0.3) is 0 Å². The molecule has 0 aliphatic carbocycles. The summed E-state index contributed by atoms with van der Waals surface area (Å²) in [5.74, 6) is -5.97. The molecule has 0 radical (unpaired) electrons. The van der Waals surface area contributed by atoms with Crippen LogP contribution in [0, 0.1) is 22.9 Å². The van der Waals surface area contributed by atoms with E-state index in [-0.39, 0.29) is 19.7 Å². The van der Waals surface area contributed by atoms with Crippen LogP contribution in [-0.4, -0.2) is 47.9 Å². The van der Waals surface area contributed by atoms with E-state index in [0.717, 1.165) is 6.42 Å². The molecule has 1 heterocycles. The van der Waals surface area contributed by atoms with Crippen LogP contribution in [0.1, 0.15) is 40.0 Å². The third-order valence-corrected chi connectivity index (χ3v) is 8.16. The van der Waals surface area contributed by atoms with Crippen molar-refractivity contribution in [2.75, 3.05) is 35.9 Å². The Kier molecular flexibility index (Phi) is 6.83. The van der Waals surface area contributed by atoms with E-state index in [9.17, 15) is 25.6 Å². The topological polar surface area (TPSA) is 80.8 Å². The van der Waals surface area contributed by atoms with Crippen LogP contribution in [-0.2, 0) is 19.7 Å². The lowest BCUT2D eigenvalue weighted by Gasteiger charge is -2.31. The van der Waals surface area contributed by atoms with Crippen molar-refractivity contribution in [3.63, 3.8) is 0 Å². The predicted molar refractivity (Wildman–Crippen MR) is 104 cm³/mol. The van der Waals surface area contributed by atoms with Gasteiger partial charge in [-0.2, -0.15) is 4.39 Å². The minimum atomic E-state index is -4.87. The molecule has 0 saturated carbocycles. The quantitative estimate of drug-likeness (QED) is 0.610. The summed E-state index contributed by atoms with van der Waals surface area (Å²) in [7, 11) is -8.98. The molecular formula is C18H26F3NO5S2. The second-order valence-electron chi connectivity index (χ2n) is 8.50. The minimum absolute atomic E-state index is 0.144. The number of piperidine rings is 1. The first kappa shape index (κ1) is 23.8. The van der Waals surface area contributed by atoms with Crippen molar-refractivity contribution in [1.82, 2.24) is 0 Å². The normalized spacial score (nSPS) is 16.2. The Morgan fingerprint density at radius 1 is 0.931 bits per heavy atom. The molecule has 166 valence electrons. The van der Waals surface area contributed by atoms with Gasteiger partial charge in [-0.05, 0) is 24.7 Å². The van der Waals surface area contributed by atoms with Gasteiger partial charge >= 0.3 is 0 Å². The van der Waals surface area contributed by atoms with Crippen LogP contribution in [0.5, 0.6) is 5.75 Å². The largest absolute Gasteiger partial charge is 0.487 e. The van der Waals surface area contributed by atoms with Crippen LogP contribution in [0.2, 0.25) is 0 Å². The van der Waals surface area contributed by atoms with E-state index in [2.05, 4.69) is 0 Å². The summed E-state index contributed by atoms with van der Waals surface area (Å²) < 4.78 is 98.4. The van der Waals surface area contributed by atoms with Crippen LogP contribution in [0.25, 0.3) is 0 Å². The maximum absolute atomic E-state index is 15.3. The van der Waals surface area contributed by atoms with Gasteiger partial charge in [0.2, 0.25) is 5.82 Å². The lowest BCUT2D eigenvalue weighted by Crippen LogP contribution is -2.33. The fourth-order valence-corrected chi connectivity index (χ4v) is 6.65. The van der Waals surface area contributed by atoms with Crippen molar-refractivity contribution in [3.05, 3.63) is 17.5 Å². The van der Waals surface area contributed by atoms with Gasteiger partial charge in [0.1, 0.15) is 4.90 Å². The lowest BCUT2D eigenvalue weighted by molar-refractivity contribution is 0.181. The van der Waals surface area contributed by atoms with Gasteiger partial charge in [0.05, 0.1) is 12.3 Å². The number of sulfone groups is 2. The van der Waals surface area contributed by atoms with Gasteiger partial charge in [-0.25, -0.2) is 25.6 Å². The number of ether oxygens (including phenoxy) is 1. The van der Waals surface area contributed by atoms with Gasteiger partial charge in [0, 0.05) is 19.3 Å². The highest BCUT2D eigenvalue weighted by atomic mass is 32.3. The fraction of sp³-hybridized carbons (Fsp3) is 0.667. The van der Waals surface area contributed by atoms with Gasteiger partial charge in [-0.3, -0.25) is 0 Å². The summed E-state index contributed by atoms with van der Waals surface area (Å²) in [6.45, 7) is 5.54. The summed E-state index contributed by atoms with van der Waals surface area (Å²) in [4.78, 5) is 0.0310. The van der Waals surface area contributed by atoms with Crippen molar-refractivity contribution in [1.29, 1.82) is 0 Å². The van der Waals surface area contributed by atoms with E-state index in [1.165, 1.54) is 4.90 Å². The van der Waals surface area contributed by atoms with E-state index in [0.29, 0.717) is 19.1 Å².